The topological polar surface area (TPSA) is 46.5 Å². The van der Waals surface area contributed by atoms with E-state index in [9.17, 15) is 9.18 Å². The van der Waals surface area contributed by atoms with Gasteiger partial charge in [-0.05, 0) is 34.5 Å². The first kappa shape index (κ1) is 11.4. The molecule has 5 heteroatoms. The van der Waals surface area contributed by atoms with Crippen molar-refractivity contribution in [2.24, 2.45) is 11.8 Å². The highest BCUT2D eigenvalue weighted by Crippen LogP contribution is 2.39. The van der Waals surface area contributed by atoms with Crippen LogP contribution in [0.2, 0.25) is 0 Å². The fourth-order valence-corrected chi connectivity index (χ4v) is 1.88. The number of benzene rings is 1. The summed E-state index contributed by atoms with van der Waals surface area (Å²) in [6, 6.07) is 4.17. The maximum Gasteiger partial charge on any atom is 0.306 e. The molecule has 2 rings (SSSR count). The third kappa shape index (κ3) is 2.52. The van der Waals surface area contributed by atoms with Gasteiger partial charge in [0.2, 0.25) is 0 Å². The Labute approximate surface area is 100 Å². The van der Waals surface area contributed by atoms with Crippen LogP contribution < -0.4 is 4.74 Å². The van der Waals surface area contributed by atoms with E-state index in [4.69, 9.17) is 9.84 Å². The van der Waals surface area contributed by atoms with E-state index in [2.05, 4.69) is 15.9 Å². The monoisotopic (exact) mass is 288 g/mol. The molecule has 0 aliphatic heterocycles. The predicted molar refractivity (Wildman–Crippen MR) is 58.8 cm³/mol. The summed E-state index contributed by atoms with van der Waals surface area (Å²) in [5, 5.41) is 8.69. The first-order chi connectivity index (χ1) is 7.58. The highest BCUT2D eigenvalue weighted by atomic mass is 79.9. The lowest BCUT2D eigenvalue weighted by atomic mass is 10.3. The van der Waals surface area contributed by atoms with Gasteiger partial charge in [0.1, 0.15) is 11.6 Å². The average molecular weight is 289 g/mol. The molecule has 1 aromatic rings. The van der Waals surface area contributed by atoms with Gasteiger partial charge in [0.25, 0.3) is 0 Å². The second kappa shape index (κ2) is 4.41. The largest absolute Gasteiger partial charge is 0.492 e. The van der Waals surface area contributed by atoms with Crippen LogP contribution in [0.25, 0.3) is 0 Å². The van der Waals surface area contributed by atoms with Crippen LogP contribution in [-0.2, 0) is 4.79 Å². The van der Waals surface area contributed by atoms with E-state index in [-0.39, 0.29) is 17.7 Å². The van der Waals surface area contributed by atoms with Crippen LogP contribution in [-0.4, -0.2) is 17.7 Å². The standard InChI is InChI=1S/C11H10BrFO3/c12-9-2-1-7(13)4-10(9)16-5-6-3-8(6)11(14)15/h1-2,4,6,8H,3,5H2,(H,14,15)/t6-,8+/m0/s1. The van der Waals surface area contributed by atoms with E-state index in [0.717, 1.165) is 0 Å². The number of aliphatic carboxylic acids is 1. The van der Waals surface area contributed by atoms with E-state index < -0.39 is 5.97 Å². The van der Waals surface area contributed by atoms with Crippen molar-refractivity contribution in [3.8, 4) is 5.75 Å². The number of rotatable bonds is 4. The van der Waals surface area contributed by atoms with Crippen molar-refractivity contribution in [1.82, 2.24) is 0 Å². The lowest BCUT2D eigenvalue weighted by Gasteiger charge is -2.07. The Morgan fingerprint density at radius 1 is 1.62 bits per heavy atom. The van der Waals surface area contributed by atoms with E-state index in [1.807, 2.05) is 0 Å². The molecule has 0 saturated heterocycles. The second-order valence-corrected chi connectivity index (χ2v) is 4.68. The van der Waals surface area contributed by atoms with E-state index >= 15 is 0 Å². The van der Waals surface area contributed by atoms with E-state index in [1.165, 1.54) is 12.1 Å². The molecule has 0 unspecified atom stereocenters. The number of carbonyl (C=O) groups is 1. The zero-order chi connectivity index (χ0) is 11.7. The number of carboxylic acid groups (broad SMARTS) is 1. The Kier molecular flexibility index (Phi) is 3.14. The van der Waals surface area contributed by atoms with Gasteiger partial charge in [-0.2, -0.15) is 0 Å². The average Bonchev–Trinajstić information content (AvgIpc) is 2.99. The maximum absolute atomic E-state index is 12.9. The summed E-state index contributed by atoms with van der Waals surface area (Å²) in [4.78, 5) is 10.6. The summed E-state index contributed by atoms with van der Waals surface area (Å²) < 4.78 is 18.9. The van der Waals surface area contributed by atoms with Crippen molar-refractivity contribution in [3.05, 3.63) is 28.5 Å². The zero-order valence-electron chi connectivity index (χ0n) is 8.32. The van der Waals surface area contributed by atoms with Gasteiger partial charge < -0.3 is 9.84 Å². The lowest BCUT2D eigenvalue weighted by Crippen LogP contribution is -2.06. The Balaban J connectivity index is 1.91. The van der Waals surface area contributed by atoms with Crippen LogP contribution in [0, 0.1) is 17.7 Å². The molecule has 1 N–H and O–H groups in total. The Bertz CT molecular complexity index is 422. The first-order valence-electron chi connectivity index (χ1n) is 4.88. The number of hydrogen-bond donors (Lipinski definition) is 1. The molecule has 2 atom stereocenters. The molecule has 0 spiro atoms. The van der Waals surface area contributed by atoms with Crippen LogP contribution in [0.5, 0.6) is 5.75 Å². The highest BCUT2D eigenvalue weighted by molar-refractivity contribution is 9.10. The van der Waals surface area contributed by atoms with Gasteiger partial charge in [-0.1, -0.05) is 0 Å². The van der Waals surface area contributed by atoms with E-state index in [1.54, 1.807) is 6.07 Å². The van der Waals surface area contributed by atoms with Crippen molar-refractivity contribution in [2.75, 3.05) is 6.61 Å². The molecule has 0 bridgehead atoms. The molecular weight excluding hydrogens is 279 g/mol. The number of halogens is 2. The molecule has 86 valence electrons. The minimum absolute atomic E-state index is 0.0488. The molecule has 0 amide bonds. The van der Waals surface area contributed by atoms with Crippen molar-refractivity contribution in [3.63, 3.8) is 0 Å². The summed E-state index contributed by atoms with van der Waals surface area (Å²) in [7, 11) is 0. The molecule has 1 aromatic carbocycles. The van der Waals surface area contributed by atoms with Crippen LogP contribution in [0.1, 0.15) is 6.42 Å². The van der Waals surface area contributed by atoms with Crippen molar-refractivity contribution in [1.29, 1.82) is 0 Å². The van der Waals surface area contributed by atoms with Crippen molar-refractivity contribution < 1.29 is 19.0 Å². The Morgan fingerprint density at radius 2 is 2.38 bits per heavy atom. The SMILES string of the molecule is O=C(O)[C@@H]1C[C@H]1COc1cc(F)ccc1Br. The predicted octanol–water partition coefficient (Wildman–Crippen LogP) is 2.69. The second-order valence-electron chi connectivity index (χ2n) is 3.83. The van der Waals surface area contributed by atoms with Gasteiger partial charge in [-0.25, -0.2) is 4.39 Å². The smallest absolute Gasteiger partial charge is 0.306 e. The third-order valence-electron chi connectivity index (χ3n) is 2.59. The quantitative estimate of drug-likeness (QED) is 0.927. The minimum Gasteiger partial charge on any atom is -0.492 e. The zero-order valence-corrected chi connectivity index (χ0v) is 9.91. The highest BCUT2D eigenvalue weighted by Gasteiger charge is 2.43. The van der Waals surface area contributed by atoms with Crippen molar-refractivity contribution >= 4 is 21.9 Å². The lowest BCUT2D eigenvalue weighted by molar-refractivity contribution is -0.138. The van der Waals surface area contributed by atoms with Gasteiger partial charge in [-0.15, -0.1) is 0 Å². The molecule has 1 saturated carbocycles. The minimum atomic E-state index is -0.785. The number of carboxylic acids is 1. The summed E-state index contributed by atoms with van der Waals surface area (Å²) in [5.74, 6) is -0.994. The molecule has 0 heterocycles. The molecule has 1 fully saturated rings. The summed E-state index contributed by atoms with van der Waals surface area (Å²) in [6.07, 6.45) is 0.641. The molecule has 16 heavy (non-hydrogen) atoms. The van der Waals surface area contributed by atoms with Gasteiger partial charge in [0.05, 0.1) is 17.0 Å². The van der Waals surface area contributed by atoms with E-state index in [0.29, 0.717) is 23.2 Å². The molecule has 3 nitrogen and oxygen atoms in total. The van der Waals surface area contributed by atoms with Crippen LogP contribution in [0.4, 0.5) is 4.39 Å². The Morgan fingerprint density at radius 3 is 3.00 bits per heavy atom. The van der Waals surface area contributed by atoms with Crippen LogP contribution >= 0.6 is 15.9 Å². The van der Waals surface area contributed by atoms with Gasteiger partial charge in [-0.3, -0.25) is 4.79 Å². The summed E-state index contributed by atoms with van der Waals surface area (Å²) >= 11 is 3.24. The molecule has 1 aliphatic rings. The normalized spacial score (nSPS) is 22.9. The maximum atomic E-state index is 12.9. The first-order valence-corrected chi connectivity index (χ1v) is 5.68. The van der Waals surface area contributed by atoms with Crippen LogP contribution in [0.3, 0.4) is 0 Å². The van der Waals surface area contributed by atoms with Gasteiger partial charge in [0.15, 0.2) is 0 Å². The van der Waals surface area contributed by atoms with Gasteiger partial charge >= 0.3 is 5.97 Å². The fourth-order valence-electron chi connectivity index (χ4n) is 1.52. The molecule has 0 aromatic heterocycles. The summed E-state index contributed by atoms with van der Waals surface area (Å²) in [6.45, 7) is 0.318. The third-order valence-corrected chi connectivity index (χ3v) is 3.24. The number of ether oxygens (including phenoxy) is 1. The Hall–Kier alpha value is -1.10. The molecule has 0 radical (unpaired) electrons. The van der Waals surface area contributed by atoms with Crippen LogP contribution in [0.15, 0.2) is 22.7 Å². The summed E-state index contributed by atoms with van der Waals surface area (Å²) in [5.41, 5.74) is 0. The van der Waals surface area contributed by atoms with Crippen molar-refractivity contribution in [2.45, 2.75) is 6.42 Å². The van der Waals surface area contributed by atoms with Gasteiger partial charge in [0, 0.05) is 12.0 Å². The fraction of sp³-hybridized carbons (Fsp3) is 0.364. The molecular formula is C11H10BrFO3. The number of hydrogen-bond acceptors (Lipinski definition) is 2. The molecule has 1 aliphatic carbocycles.